The largest absolute Gasteiger partial charge is 0.494 e. The summed E-state index contributed by atoms with van der Waals surface area (Å²) in [6.45, 7) is 11.1. The van der Waals surface area contributed by atoms with E-state index in [1.165, 1.54) is 11.3 Å². The van der Waals surface area contributed by atoms with E-state index in [0.717, 1.165) is 6.42 Å². The average Bonchev–Trinajstić information content (AvgIpc) is 2.31. The van der Waals surface area contributed by atoms with Gasteiger partial charge in [-0.3, -0.25) is 0 Å². The molecule has 0 bridgehead atoms. The molecule has 0 aromatic heterocycles. The van der Waals surface area contributed by atoms with E-state index in [2.05, 4.69) is 34.6 Å². The van der Waals surface area contributed by atoms with Crippen molar-refractivity contribution < 1.29 is 4.74 Å². The predicted molar refractivity (Wildman–Crippen MR) is 51.9 cm³/mol. The summed E-state index contributed by atoms with van der Waals surface area (Å²) in [5.41, 5.74) is 1.53. The Morgan fingerprint density at radius 1 is 1.17 bits per heavy atom. The normalized spacial score (nSPS) is 24.1. The highest BCUT2D eigenvalue weighted by molar-refractivity contribution is 5.18. The van der Waals surface area contributed by atoms with Crippen LogP contribution in [0, 0.1) is 11.8 Å². The van der Waals surface area contributed by atoms with Crippen LogP contribution in [0.15, 0.2) is 11.3 Å². The van der Waals surface area contributed by atoms with E-state index in [9.17, 15) is 0 Å². The quantitative estimate of drug-likeness (QED) is 0.614. The third-order valence-corrected chi connectivity index (χ3v) is 2.37. The molecule has 0 amide bonds. The van der Waals surface area contributed by atoms with Crippen molar-refractivity contribution in [3.8, 4) is 0 Å². The molecule has 12 heavy (non-hydrogen) atoms. The zero-order valence-corrected chi connectivity index (χ0v) is 8.85. The van der Waals surface area contributed by atoms with Gasteiger partial charge < -0.3 is 4.74 Å². The highest BCUT2D eigenvalue weighted by Gasteiger charge is 2.25. The van der Waals surface area contributed by atoms with Gasteiger partial charge in [-0.1, -0.05) is 27.7 Å². The molecule has 0 unspecified atom stereocenters. The van der Waals surface area contributed by atoms with Crippen LogP contribution in [-0.2, 0) is 4.74 Å². The Labute approximate surface area is 75.8 Å². The minimum absolute atomic E-state index is 0.403. The maximum absolute atomic E-state index is 5.78. The molecule has 0 aromatic carbocycles. The van der Waals surface area contributed by atoms with Gasteiger partial charge in [-0.05, 0) is 18.4 Å². The van der Waals surface area contributed by atoms with Gasteiger partial charge in [0.15, 0.2) is 0 Å². The van der Waals surface area contributed by atoms with E-state index in [1.807, 2.05) is 0 Å². The Morgan fingerprint density at radius 2 is 1.75 bits per heavy atom. The van der Waals surface area contributed by atoms with Gasteiger partial charge in [-0.25, -0.2) is 0 Å². The first-order valence-corrected chi connectivity index (χ1v) is 4.92. The molecular weight excluding hydrogens is 148 g/mol. The second-order valence-corrected chi connectivity index (χ2v) is 4.33. The number of allylic oxidation sites excluding steroid dienone is 1. The summed E-state index contributed by atoms with van der Waals surface area (Å²) >= 11 is 0. The van der Waals surface area contributed by atoms with E-state index in [-0.39, 0.29) is 0 Å². The lowest BCUT2D eigenvalue weighted by Gasteiger charge is -2.12. The Morgan fingerprint density at radius 3 is 2.08 bits per heavy atom. The van der Waals surface area contributed by atoms with Crippen molar-refractivity contribution in [1.29, 1.82) is 0 Å². The Kier molecular flexibility index (Phi) is 2.81. The molecule has 1 heterocycles. The van der Waals surface area contributed by atoms with Gasteiger partial charge in [0.2, 0.25) is 0 Å². The molecular formula is C11H20O. The highest BCUT2D eigenvalue weighted by Crippen LogP contribution is 2.33. The lowest BCUT2D eigenvalue weighted by molar-refractivity contribution is 0.140. The highest BCUT2D eigenvalue weighted by atomic mass is 16.5. The molecule has 1 aliphatic rings. The molecule has 1 heteroatoms. The average molecular weight is 168 g/mol. The predicted octanol–water partition coefficient (Wildman–Crippen LogP) is 3.36. The molecule has 0 radical (unpaired) electrons. The van der Waals surface area contributed by atoms with Crippen LogP contribution in [0.1, 0.15) is 41.0 Å². The molecule has 0 spiro atoms. The molecule has 0 aliphatic carbocycles. The minimum Gasteiger partial charge on any atom is -0.494 e. The Balaban J connectivity index is 2.81. The standard InChI is InChI=1S/C11H20O/c1-7(2)10-6-9(5)12-11(10)8(3)4/h7-9H,6H2,1-5H3/t9-/m0/s1. The molecule has 1 nitrogen and oxygen atoms in total. The summed E-state index contributed by atoms with van der Waals surface area (Å²) in [5.74, 6) is 2.44. The van der Waals surface area contributed by atoms with Gasteiger partial charge in [-0.2, -0.15) is 0 Å². The van der Waals surface area contributed by atoms with Crippen LogP contribution >= 0.6 is 0 Å². The fraction of sp³-hybridized carbons (Fsp3) is 0.818. The van der Waals surface area contributed by atoms with Gasteiger partial charge in [0, 0.05) is 12.3 Å². The van der Waals surface area contributed by atoms with Gasteiger partial charge in [0.05, 0.1) is 11.9 Å². The first-order chi connectivity index (χ1) is 5.52. The monoisotopic (exact) mass is 168 g/mol. The van der Waals surface area contributed by atoms with Crippen molar-refractivity contribution in [2.45, 2.75) is 47.1 Å². The summed E-state index contributed by atoms with van der Waals surface area (Å²) < 4.78 is 5.78. The molecule has 0 aromatic rings. The van der Waals surface area contributed by atoms with Crippen LogP contribution in [0.3, 0.4) is 0 Å². The van der Waals surface area contributed by atoms with E-state index in [0.29, 0.717) is 17.9 Å². The Bertz CT molecular complexity index is 169. The fourth-order valence-corrected chi connectivity index (χ4v) is 1.77. The molecule has 0 fully saturated rings. The fourth-order valence-electron chi connectivity index (χ4n) is 1.77. The lowest BCUT2D eigenvalue weighted by atomic mass is 9.95. The van der Waals surface area contributed by atoms with Crippen molar-refractivity contribution in [1.82, 2.24) is 0 Å². The molecule has 0 saturated heterocycles. The van der Waals surface area contributed by atoms with Crippen LogP contribution in [0.2, 0.25) is 0 Å². The molecule has 0 N–H and O–H groups in total. The van der Waals surface area contributed by atoms with Crippen LogP contribution in [0.5, 0.6) is 0 Å². The van der Waals surface area contributed by atoms with Crippen LogP contribution in [0.4, 0.5) is 0 Å². The first kappa shape index (κ1) is 9.63. The van der Waals surface area contributed by atoms with Gasteiger partial charge >= 0.3 is 0 Å². The minimum atomic E-state index is 0.403. The van der Waals surface area contributed by atoms with Crippen molar-refractivity contribution in [3.63, 3.8) is 0 Å². The van der Waals surface area contributed by atoms with Crippen molar-refractivity contribution in [2.75, 3.05) is 0 Å². The summed E-state index contributed by atoms with van der Waals surface area (Å²) in [5, 5.41) is 0. The molecule has 0 saturated carbocycles. The molecule has 1 rings (SSSR count). The van der Waals surface area contributed by atoms with E-state index >= 15 is 0 Å². The van der Waals surface area contributed by atoms with Crippen LogP contribution in [0.25, 0.3) is 0 Å². The maximum Gasteiger partial charge on any atom is 0.0993 e. The topological polar surface area (TPSA) is 9.23 Å². The molecule has 70 valence electrons. The van der Waals surface area contributed by atoms with Crippen molar-refractivity contribution >= 4 is 0 Å². The van der Waals surface area contributed by atoms with E-state index in [1.54, 1.807) is 0 Å². The van der Waals surface area contributed by atoms with E-state index in [4.69, 9.17) is 4.74 Å². The molecule has 1 aliphatic heterocycles. The number of rotatable bonds is 2. The van der Waals surface area contributed by atoms with Gasteiger partial charge in [0.1, 0.15) is 0 Å². The number of ether oxygens (including phenoxy) is 1. The van der Waals surface area contributed by atoms with Gasteiger partial charge in [-0.15, -0.1) is 0 Å². The number of hydrogen-bond acceptors (Lipinski definition) is 1. The zero-order valence-electron chi connectivity index (χ0n) is 8.85. The third kappa shape index (κ3) is 1.82. The van der Waals surface area contributed by atoms with Crippen LogP contribution in [-0.4, -0.2) is 6.10 Å². The Hall–Kier alpha value is -0.460. The second-order valence-electron chi connectivity index (χ2n) is 4.33. The molecule has 1 atom stereocenters. The zero-order chi connectivity index (χ0) is 9.30. The summed E-state index contributed by atoms with van der Waals surface area (Å²) in [6.07, 6.45) is 1.53. The number of hydrogen-bond donors (Lipinski definition) is 0. The third-order valence-electron chi connectivity index (χ3n) is 2.37. The first-order valence-electron chi connectivity index (χ1n) is 4.92. The summed E-state index contributed by atoms with van der Waals surface area (Å²) in [7, 11) is 0. The second kappa shape index (κ2) is 3.51. The van der Waals surface area contributed by atoms with Crippen molar-refractivity contribution in [2.24, 2.45) is 11.8 Å². The summed E-state index contributed by atoms with van der Waals surface area (Å²) in [4.78, 5) is 0. The van der Waals surface area contributed by atoms with Crippen LogP contribution < -0.4 is 0 Å². The lowest BCUT2D eigenvalue weighted by Crippen LogP contribution is -2.01. The summed E-state index contributed by atoms with van der Waals surface area (Å²) in [6, 6.07) is 0. The SMILES string of the molecule is CC(C)C1=C(C(C)C)O[C@@H](C)C1. The van der Waals surface area contributed by atoms with Crippen molar-refractivity contribution in [3.05, 3.63) is 11.3 Å². The maximum atomic E-state index is 5.78. The van der Waals surface area contributed by atoms with Gasteiger partial charge in [0.25, 0.3) is 0 Å². The smallest absolute Gasteiger partial charge is 0.0993 e. The van der Waals surface area contributed by atoms with E-state index < -0.39 is 0 Å².